The Morgan fingerprint density at radius 1 is 0.971 bits per heavy atom. The fraction of sp³-hybridized carbons (Fsp3) is 0.464. The Bertz CT molecular complexity index is 1070. The normalized spacial score (nSPS) is 18.5. The lowest BCUT2D eigenvalue weighted by Gasteiger charge is -2.44. The van der Waals surface area contributed by atoms with Gasteiger partial charge in [-0.3, -0.25) is 9.59 Å². The zero-order chi connectivity index (χ0) is 24.4. The number of rotatable bonds is 8. The Morgan fingerprint density at radius 2 is 1.57 bits per heavy atom. The van der Waals surface area contributed by atoms with Gasteiger partial charge >= 0.3 is 12.1 Å². The molecule has 2 fully saturated rings. The molecule has 2 amide bonds. The fourth-order valence-electron chi connectivity index (χ4n) is 5.96. The van der Waals surface area contributed by atoms with E-state index in [1.54, 1.807) is 4.90 Å². The van der Waals surface area contributed by atoms with Crippen LogP contribution in [0.4, 0.5) is 4.79 Å². The minimum Gasteiger partial charge on any atom is -0.481 e. The number of carboxylic acids is 1. The second kappa shape index (κ2) is 9.72. The van der Waals surface area contributed by atoms with E-state index in [1.807, 2.05) is 24.3 Å². The van der Waals surface area contributed by atoms with Gasteiger partial charge < -0.3 is 20.1 Å². The maximum absolute atomic E-state index is 13.4. The smallest absolute Gasteiger partial charge is 0.408 e. The highest BCUT2D eigenvalue weighted by Crippen LogP contribution is 2.44. The highest BCUT2D eigenvalue weighted by molar-refractivity contribution is 5.91. The predicted molar refractivity (Wildman–Crippen MR) is 131 cm³/mol. The zero-order valence-electron chi connectivity index (χ0n) is 19.9. The summed E-state index contributed by atoms with van der Waals surface area (Å²) in [4.78, 5) is 38.8. The number of hydrogen-bond donors (Lipinski definition) is 2. The van der Waals surface area contributed by atoms with E-state index < -0.39 is 17.6 Å². The van der Waals surface area contributed by atoms with Gasteiger partial charge in [0.05, 0.1) is 0 Å². The molecule has 184 valence electrons. The summed E-state index contributed by atoms with van der Waals surface area (Å²) < 4.78 is 5.73. The monoisotopic (exact) mass is 476 g/mol. The molecule has 1 saturated heterocycles. The van der Waals surface area contributed by atoms with E-state index >= 15 is 0 Å². The number of hydrogen-bond acceptors (Lipinski definition) is 4. The molecular formula is C28H32N2O5. The average molecular weight is 477 g/mol. The quantitative estimate of drug-likeness (QED) is 0.583. The van der Waals surface area contributed by atoms with E-state index in [1.165, 1.54) is 11.1 Å². The van der Waals surface area contributed by atoms with Gasteiger partial charge in [0.25, 0.3) is 0 Å². The van der Waals surface area contributed by atoms with Crippen LogP contribution in [0.15, 0.2) is 48.5 Å². The first-order chi connectivity index (χ1) is 17.0. The summed E-state index contributed by atoms with van der Waals surface area (Å²) in [6.07, 6.45) is 4.09. The van der Waals surface area contributed by atoms with Crippen LogP contribution in [-0.2, 0) is 14.3 Å². The first-order valence-corrected chi connectivity index (χ1v) is 12.6. The highest BCUT2D eigenvalue weighted by atomic mass is 16.5. The maximum Gasteiger partial charge on any atom is 0.408 e. The topological polar surface area (TPSA) is 95.9 Å². The van der Waals surface area contributed by atoms with Crippen LogP contribution < -0.4 is 5.32 Å². The standard InChI is InChI=1S/C28H32N2O5/c31-25(32)13-7-8-19-16-30(17-19)26(33)28(14-5-6-15-28)29-27(34)35-18-24-22-11-3-1-9-20(22)21-10-2-4-12-23(21)24/h1-4,9-12,19,24H,5-8,13-18H2,(H,29,34)(H,31,32). The van der Waals surface area contributed by atoms with Crippen molar-refractivity contribution in [2.24, 2.45) is 5.92 Å². The van der Waals surface area contributed by atoms with Crippen LogP contribution in [0, 0.1) is 5.92 Å². The molecule has 3 aliphatic rings. The summed E-state index contributed by atoms with van der Waals surface area (Å²) in [7, 11) is 0. The van der Waals surface area contributed by atoms with Crippen LogP contribution in [0.3, 0.4) is 0 Å². The van der Waals surface area contributed by atoms with Crippen LogP contribution in [0.25, 0.3) is 11.1 Å². The molecule has 1 aliphatic heterocycles. The number of fused-ring (bicyclic) bond motifs is 3. The number of nitrogens with one attached hydrogen (secondary N) is 1. The summed E-state index contributed by atoms with van der Waals surface area (Å²) in [5.74, 6) is -0.496. The third kappa shape index (κ3) is 4.64. The van der Waals surface area contributed by atoms with Crippen molar-refractivity contribution in [2.45, 2.75) is 56.4 Å². The van der Waals surface area contributed by atoms with Gasteiger partial charge in [0, 0.05) is 25.4 Å². The van der Waals surface area contributed by atoms with Crippen LogP contribution in [0.2, 0.25) is 0 Å². The van der Waals surface area contributed by atoms with Crippen molar-refractivity contribution in [3.05, 3.63) is 59.7 Å². The van der Waals surface area contributed by atoms with Gasteiger partial charge in [0.2, 0.25) is 5.91 Å². The zero-order valence-corrected chi connectivity index (χ0v) is 19.9. The molecule has 1 saturated carbocycles. The first-order valence-electron chi connectivity index (χ1n) is 12.6. The molecule has 0 bridgehead atoms. The molecule has 0 radical (unpaired) electrons. The Labute approximate surface area is 205 Å². The molecule has 2 aromatic rings. The number of ether oxygens (including phenoxy) is 1. The third-order valence-electron chi connectivity index (χ3n) is 7.80. The molecule has 0 unspecified atom stereocenters. The van der Waals surface area contributed by atoms with Gasteiger partial charge in [-0.2, -0.15) is 0 Å². The Balaban J connectivity index is 1.19. The fourth-order valence-corrected chi connectivity index (χ4v) is 5.96. The van der Waals surface area contributed by atoms with E-state index in [0.29, 0.717) is 38.3 Å². The van der Waals surface area contributed by atoms with E-state index in [-0.39, 0.29) is 24.9 Å². The molecule has 0 spiro atoms. The number of benzene rings is 2. The van der Waals surface area contributed by atoms with Gasteiger partial charge in [-0.05, 0) is 53.9 Å². The number of likely N-dealkylation sites (tertiary alicyclic amines) is 1. The average Bonchev–Trinajstić information content (AvgIpc) is 3.42. The molecule has 0 atom stereocenters. The molecule has 5 rings (SSSR count). The number of aliphatic carboxylic acids is 1. The Kier molecular flexibility index (Phi) is 6.50. The Morgan fingerprint density at radius 3 is 2.17 bits per heavy atom. The Hall–Kier alpha value is -3.35. The molecular weight excluding hydrogens is 444 g/mol. The van der Waals surface area contributed by atoms with Crippen LogP contribution >= 0.6 is 0 Å². The summed E-state index contributed by atoms with van der Waals surface area (Å²) in [6, 6.07) is 16.4. The summed E-state index contributed by atoms with van der Waals surface area (Å²) in [5.41, 5.74) is 3.77. The number of carbonyl (C=O) groups is 3. The van der Waals surface area contributed by atoms with E-state index in [4.69, 9.17) is 9.84 Å². The lowest BCUT2D eigenvalue weighted by atomic mass is 9.88. The molecule has 2 N–H and O–H groups in total. The van der Waals surface area contributed by atoms with Crippen LogP contribution in [0.1, 0.15) is 62.0 Å². The van der Waals surface area contributed by atoms with Crippen molar-refractivity contribution in [1.29, 1.82) is 0 Å². The molecule has 0 aromatic heterocycles. The van der Waals surface area contributed by atoms with Gasteiger partial charge in [-0.25, -0.2) is 4.79 Å². The number of alkyl carbamates (subject to hydrolysis) is 1. The SMILES string of the molecule is O=C(O)CCCC1CN(C(=O)C2(NC(=O)OCC3c4ccccc4-c4ccccc43)CCCC2)C1. The highest BCUT2D eigenvalue weighted by Gasteiger charge is 2.48. The van der Waals surface area contributed by atoms with Gasteiger partial charge in [0.1, 0.15) is 12.1 Å². The second-order valence-electron chi connectivity index (χ2n) is 10.1. The number of amides is 2. The van der Waals surface area contributed by atoms with Crippen LogP contribution in [-0.4, -0.2) is 53.2 Å². The molecule has 2 aliphatic carbocycles. The molecule has 1 heterocycles. The predicted octanol–water partition coefficient (Wildman–Crippen LogP) is 4.55. The van der Waals surface area contributed by atoms with Crippen molar-refractivity contribution in [1.82, 2.24) is 10.2 Å². The van der Waals surface area contributed by atoms with Crippen molar-refractivity contribution < 1.29 is 24.2 Å². The molecule has 7 heteroatoms. The number of carbonyl (C=O) groups excluding carboxylic acids is 2. The van der Waals surface area contributed by atoms with Crippen molar-refractivity contribution in [2.75, 3.05) is 19.7 Å². The van der Waals surface area contributed by atoms with E-state index in [9.17, 15) is 14.4 Å². The van der Waals surface area contributed by atoms with Gasteiger partial charge in [-0.15, -0.1) is 0 Å². The minimum absolute atomic E-state index is 0.0228. The third-order valence-corrected chi connectivity index (χ3v) is 7.80. The van der Waals surface area contributed by atoms with Crippen molar-refractivity contribution in [3.63, 3.8) is 0 Å². The number of nitrogens with zero attached hydrogens (tertiary/aromatic N) is 1. The lowest BCUT2D eigenvalue weighted by Crippen LogP contribution is -2.63. The van der Waals surface area contributed by atoms with Gasteiger partial charge in [0.15, 0.2) is 0 Å². The van der Waals surface area contributed by atoms with E-state index in [2.05, 4.69) is 29.6 Å². The molecule has 7 nitrogen and oxygen atoms in total. The van der Waals surface area contributed by atoms with Crippen molar-refractivity contribution >= 4 is 18.0 Å². The second-order valence-corrected chi connectivity index (χ2v) is 10.1. The minimum atomic E-state index is -0.894. The summed E-state index contributed by atoms with van der Waals surface area (Å²) >= 11 is 0. The maximum atomic E-state index is 13.4. The molecule has 35 heavy (non-hydrogen) atoms. The van der Waals surface area contributed by atoms with Crippen LogP contribution in [0.5, 0.6) is 0 Å². The first kappa shape index (κ1) is 23.4. The van der Waals surface area contributed by atoms with Crippen molar-refractivity contribution in [3.8, 4) is 11.1 Å². The lowest BCUT2D eigenvalue weighted by molar-refractivity contribution is -0.145. The van der Waals surface area contributed by atoms with Gasteiger partial charge in [-0.1, -0.05) is 61.4 Å². The largest absolute Gasteiger partial charge is 0.481 e. The summed E-state index contributed by atoms with van der Waals surface area (Å²) in [5, 5.41) is 11.8. The molecule has 2 aromatic carbocycles. The van der Waals surface area contributed by atoms with E-state index in [0.717, 1.165) is 30.4 Å². The number of carboxylic acid groups (broad SMARTS) is 1. The summed E-state index contributed by atoms with van der Waals surface area (Å²) in [6.45, 7) is 1.48.